The minimum atomic E-state index is -0.598. The number of rotatable bonds is 10. The molecule has 42 heavy (non-hydrogen) atoms. The molecule has 5 rings (SSSR count). The lowest BCUT2D eigenvalue weighted by Gasteiger charge is -2.34. The Bertz CT molecular complexity index is 1430. The van der Waals surface area contributed by atoms with Gasteiger partial charge in [0.2, 0.25) is 11.8 Å². The number of likely N-dealkylation sites (tertiary alicyclic amines) is 1. The van der Waals surface area contributed by atoms with Crippen LogP contribution in [0.5, 0.6) is 0 Å². The van der Waals surface area contributed by atoms with Crippen LogP contribution in [0.2, 0.25) is 0 Å². The van der Waals surface area contributed by atoms with Crippen LogP contribution in [-0.4, -0.2) is 72.7 Å². The maximum atomic E-state index is 14.0. The molecule has 1 aliphatic carbocycles. The number of benzene rings is 2. The zero-order valence-electron chi connectivity index (χ0n) is 24.3. The van der Waals surface area contributed by atoms with E-state index < -0.39 is 17.7 Å². The average Bonchev–Trinajstić information content (AvgIpc) is 3.48. The van der Waals surface area contributed by atoms with Crippen molar-refractivity contribution in [1.82, 2.24) is 36.2 Å². The van der Waals surface area contributed by atoms with Crippen molar-refractivity contribution >= 4 is 11.8 Å². The zero-order chi connectivity index (χ0) is 29.7. The Labute approximate surface area is 246 Å². The third kappa shape index (κ3) is 7.00. The van der Waals surface area contributed by atoms with Crippen LogP contribution in [0.25, 0.3) is 22.5 Å². The molecule has 4 N–H and O–H groups in total. The third-order valence-electron chi connectivity index (χ3n) is 7.91. The van der Waals surface area contributed by atoms with Gasteiger partial charge in [-0.3, -0.25) is 9.59 Å². The van der Waals surface area contributed by atoms with Crippen molar-refractivity contribution in [2.24, 2.45) is 5.92 Å². The molecule has 0 spiro atoms. The number of amides is 2. The molecule has 1 fully saturated rings. The van der Waals surface area contributed by atoms with Crippen molar-refractivity contribution in [2.75, 3.05) is 6.54 Å². The average molecular weight is 570 g/mol. The quantitative estimate of drug-likeness (QED) is 0.294. The molecular weight excluding hydrogens is 530 g/mol. The number of H-pyrrole nitrogens is 1. The Kier molecular flexibility index (Phi) is 8.94. The van der Waals surface area contributed by atoms with Gasteiger partial charge < -0.3 is 20.6 Å². The number of tetrazole rings is 1. The summed E-state index contributed by atoms with van der Waals surface area (Å²) in [6, 6.07) is 15.5. The Morgan fingerprint density at radius 3 is 2.55 bits per heavy atom. The van der Waals surface area contributed by atoms with E-state index in [-0.39, 0.29) is 30.2 Å². The molecule has 0 saturated carbocycles. The lowest BCUT2D eigenvalue weighted by molar-refractivity contribution is -0.138. The van der Waals surface area contributed by atoms with E-state index in [4.69, 9.17) is 0 Å². The molecule has 220 valence electrons. The Morgan fingerprint density at radius 1 is 1.10 bits per heavy atom. The van der Waals surface area contributed by atoms with Gasteiger partial charge in [-0.05, 0) is 60.7 Å². The smallest absolute Gasteiger partial charge is 0.245 e. The molecular formula is C32H39N7O3. The van der Waals surface area contributed by atoms with E-state index in [1.165, 1.54) is 0 Å². The zero-order valence-corrected chi connectivity index (χ0v) is 24.3. The Morgan fingerprint density at radius 2 is 1.83 bits per heavy atom. The molecule has 2 heterocycles. The molecule has 1 aliphatic heterocycles. The molecule has 2 aromatic carbocycles. The summed E-state index contributed by atoms with van der Waals surface area (Å²) in [4.78, 5) is 28.9. The lowest BCUT2D eigenvalue weighted by atomic mass is 9.90. The number of nitrogens with one attached hydrogen (secondary N) is 3. The van der Waals surface area contributed by atoms with Gasteiger partial charge in [0, 0.05) is 36.5 Å². The Balaban J connectivity index is 1.33. The largest absolute Gasteiger partial charge is 0.392 e. The molecule has 10 heteroatoms. The van der Waals surface area contributed by atoms with Crippen LogP contribution in [0.3, 0.4) is 0 Å². The Hall–Kier alpha value is -4.15. The van der Waals surface area contributed by atoms with Crippen LogP contribution >= 0.6 is 0 Å². The van der Waals surface area contributed by atoms with Crippen LogP contribution in [0.4, 0.5) is 0 Å². The van der Waals surface area contributed by atoms with Crippen molar-refractivity contribution in [1.29, 1.82) is 0 Å². The number of aliphatic hydroxyl groups excluding tert-OH is 1. The summed E-state index contributed by atoms with van der Waals surface area (Å²) in [5.74, 6) is 0.532. The molecule has 1 saturated heterocycles. The molecule has 3 aromatic rings. The highest BCUT2D eigenvalue weighted by molar-refractivity contribution is 5.88. The minimum Gasteiger partial charge on any atom is -0.392 e. The summed E-state index contributed by atoms with van der Waals surface area (Å²) in [5, 5.41) is 30.2. The van der Waals surface area contributed by atoms with Crippen molar-refractivity contribution in [3.63, 3.8) is 0 Å². The molecule has 4 atom stereocenters. The lowest BCUT2D eigenvalue weighted by Crippen LogP contribution is -2.52. The number of nitrogens with zero attached hydrogens (tertiary/aromatic N) is 4. The fraction of sp³-hybridized carbons (Fsp3) is 0.406. The monoisotopic (exact) mass is 569 g/mol. The summed E-state index contributed by atoms with van der Waals surface area (Å²) >= 11 is 0. The molecule has 2 amide bonds. The molecule has 2 aliphatic rings. The second kappa shape index (κ2) is 12.8. The summed E-state index contributed by atoms with van der Waals surface area (Å²) in [6.07, 6.45) is 9.35. The van der Waals surface area contributed by atoms with Gasteiger partial charge in [0.15, 0.2) is 5.82 Å². The number of aromatic amines is 1. The number of carbonyl (C=O) groups is 2. The van der Waals surface area contributed by atoms with Crippen LogP contribution in [-0.2, 0) is 16.1 Å². The maximum Gasteiger partial charge on any atom is 0.245 e. The van der Waals surface area contributed by atoms with Gasteiger partial charge >= 0.3 is 0 Å². The van der Waals surface area contributed by atoms with E-state index in [1.807, 2.05) is 67.3 Å². The molecule has 2 unspecified atom stereocenters. The first kappa shape index (κ1) is 29.3. The standard InChI is InChI=1S/C32H39N7O3/c1-21(40)19-33-32(2,3)18-29(41)34-27-17-16-24-8-4-7-11-28(24)39(31(27)42)20-22-12-14-23(15-13-22)25-9-5-6-10-26(25)30-35-37-38-36-30/h4-15,21,24,27-28,33,40H,16-20H2,1-3H3,(H,34,41)(H,35,36,37,38)/t21-,24?,27-,28?/m1/s1. The second-order valence-electron chi connectivity index (χ2n) is 11.9. The van der Waals surface area contributed by atoms with Crippen molar-refractivity contribution in [2.45, 2.75) is 70.3 Å². The van der Waals surface area contributed by atoms with Gasteiger partial charge in [-0.2, -0.15) is 0 Å². The third-order valence-corrected chi connectivity index (χ3v) is 7.91. The molecule has 1 aromatic heterocycles. The first-order valence-corrected chi connectivity index (χ1v) is 14.5. The summed E-state index contributed by atoms with van der Waals surface area (Å²) < 4.78 is 0. The van der Waals surface area contributed by atoms with Gasteiger partial charge in [0.25, 0.3) is 0 Å². The normalized spacial score (nSPS) is 21.1. The van der Waals surface area contributed by atoms with E-state index in [2.05, 4.69) is 55.5 Å². The minimum absolute atomic E-state index is 0.0715. The van der Waals surface area contributed by atoms with Gasteiger partial charge in [-0.1, -0.05) is 72.8 Å². The SMILES string of the molecule is C[C@@H](O)CNC(C)(C)CC(=O)N[C@@H]1CCC2C=CC=CC2N(Cc2ccc(-c3ccccc3-c3nnn[nH]3)cc2)C1=O. The number of hydrogen-bond acceptors (Lipinski definition) is 7. The first-order valence-electron chi connectivity index (χ1n) is 14.5. The van der Waals surface area contributed by atoms with E-state index in [0.717, 1.165) is 28.7 Å². The number of aromatic nitrogens is 4. The number of carbonyl (C=O) groups excluding carboxylic acids is 2. The predicted octanol–water partition coefficient (Wildman–Crippen LogP) is 3.39. The fourth-order valence-corrected chi connectivity index (χ4v) is 5.72. The first-order chi connectivity index (χ1) is 20.2. The van der Waals surface area contributed by atoms with Gasteiger partial charge in [-0.25, -0.2) is 5.10 Å². The number of fused-ring (bicyclic) bond motifs is 1. The van der Waals surface area contributed by atoms with Gasteiger partial charge in [-0.15, -0.1) is 5.10 Å². The van der Waals surface area contributed by atoms with Crippen LogP contribution in [0, 0.1) is 5.92 Å². The number of aliphatic hydroxyl groups is 1. The van der Waals surface area contributed by atoms with Crippen LogP contribution in [0.1, 0.15) is 45.6 Å². The predicted molar refractivity (Wildman–Crippen MR) is 161 cm³/mol. The van der Waals surface area contributed by atoms with E-state index in [9.17, 15) is 14.7 Å². The van der Waals surface area contributed by atoms with Crippen molar-refractivity contribution < 1.29 is 14.7 Å². The van der Waals surface area contributed by atoms with E-state index in [0.29, 0.717) is 25.3 Å². The van der Waals surface area contributed by atoms with Gasteiger partial charge in [0.05, 0.1) is 12.1 Å². The van der Waals surface area contributed by atoms with Crippen molar-refractivity contribution in [3.05, 3.63) is 78.4 Å². The summed E-state index contributed by atoms with van der Waals surface area (Å²) in [6.45, 7) is 6.36. The molecule has 10 nitrogen and oxygen atoms in total. The highest BCUT2D eigenvalue weighted by atomic mass is 16.3. The summed E-state index contributed by atoms with van der Waals surface area (Å²) in [5.41, 5.74) is 3.41. The van der Waals surface area contributed by atoms with E-state index >= 15 is 0 Å². The van der Waals surface area contributed by atoms with Crippen molar-refractivity contribution in [3.8, 4) is 22.5 Å². The fourth-order valence-electron chi connectivity index (χ4n) is 5.72. The number of β-amino-alcohol motifs (C(OH)–C–C–N with tert-alkyl or cyclic N) is 1. The molecule has 0 bridgehead atoms. The van der Waals surface area contributed by atoms with E-state index in [1.54, 1.807) is 6.92 Å². The summed E-state index contributed by atoms with van der Waals surface area (Å²) in [7, 11) is 0. The van der Waals surface area contributed by atoms with Crippen LogP contribution < -0.4 is 10.6 Å². The highest BCUT2D eigenvalue weighted by Gasteiger charge is 2.38. The second-order valence-corrected chi connectivity index (χ2v) is 11.9. The van der Waals surface area contributed by atoms with Gasteiger partial charge in [0.1, 0.15) is 6.04 Å². The maximum absolute atomic E-state index is 14.0. The molecule has 0 radical (unpaired) electrons. The topological polar surface area (TPSA) is 136 Å². The van der Waals surface area contributed by atoms with Crippen LogP contribution in [0.15, 0.2) is 72.8 Å². The number of hydrogen-bond donors (Lipinski definition) is 4. The highest BCUT2D eigenvalue weighted by Crippen LogP contribution is 2.32. The number of allylic oxidation sites excluding steroid dienone is 2.